The molecule has 0 aliphatic rings. The van der Waals surface area contributed by atoms with Gasteiger partial charge in [-0.05, 0) is 70.8 Å². The Kier molecular flexibility index (Phi) is 10.7. The first-order valence-electron chi connectivity index (χ1n) is 16.7. The maximum Gasteiger partial charge on any atom is 0.222 e. The average molecular weight is 747 g/mol. The largest absolute Gasteiger partial charge is 0.384 e. The van der Waals surface area contributed by atoms with E-state index in [1.54, 1.807) is 29.6 Å². The highest BCUT2D eigenvalue weighted by molar-refractivity contribution is 7.99. The fourth-order valence-corrected chi connectivity index (χ4v) is 8.06. The van der Waals surface area contributed by atoms with Gasteiger partial charge in [0, 0.05) is 25.1 Å². The molecule has 54 heavy (non-hydrogen) atoms. The standard InChI is InChI=1S/C21H18N4OS.C21H16N4OS/c22-20-18-16(24-21(23)25-20)11-14(19(26)13-7-3-1-4-8-13)12-17(18)27-15-9-5-2-6-10-15;22-20-19-17(24-21(23)25-20)10-14(16-9-5-4-6-13(16)12-26)11-18(19)27-15-7-2-1-3-8-15/h1-12,19,26H,(H4,22,23,24,25);1-12H,(H4,22,23,24,25). The van der Waals surface area contributed by atoms with Crippen molar-refractivity contribution in [1.82, 2.24) is 19.9 Å². The van der Waals surface area contributed by atoms with Gasteiger partial charge in [-0.1, -0.05) is 115 Å². The number of aldehydes is 1. The van der Waals surface area contributed by atoms with Gasteiger partial charge in [-0.25, -0.2) is 9.97 Å². The predicted molar refractivity (Wildman–Crippen MR) is 219 cm³/mol. The van der Waals surface area contributed by atoms with Crippen LogP contribution in [0.3, 0.4) is 0 Å². The number of nitrogens with zero attached hydrogens (tertiary/aromatic N) is 4. The summed E-state index contributed by atoms with van der Waals surface area (Å²) in [6.45, 7) is 0. The Labute approximate surface area is 319 Å². The minimum absolute atomic E-state index is 0.113. The summed E-state index contributed by atoms with van der Waals surface area (Å²) >= 11 is 3.12. The van der Waals surface area contributed by atoms with E-state index in [9.17, 15) is 9.90 Å². The number of fused-ring (bicyclic) bond motifs is 2. The second-order valence-electron chi connectivity index (χ2n) is 12.1. The molecule has 10 nitrogen and oxygen atoms in total. The van der Waals surface area contributed by atoms with Crippen LogP contribution in [0.25, 0.3) is 32.9 Å². The van der Waals surface area contributed by atoms with E-state index in [0.717, 1.165) is 58.9 Å². The quantitative estimate of drug-likeness (QED) is 0.0933. The molecule has 12 heteroatoms. The van der Waals surface area contributed by atoms with Crippen molar-refractivity contribution >= 4 is 75.1 Å². The van der Waals surface area contributed by atoms with Crippen molar-refractivity contribution in [3.63, 3.8) is 0 Å². The highest BCUT2D eigenvalue weighted by Crippen LogP contribution is 2.40. The molecule has 6 aromatic carbocycles. The number of nitrogens with two attached hydrogens (primary N) is 4. The van der Waals surface area contributed by atoms with Crippen LogP contribution in [0.15, 0.2) is 159 Å². The molecule has 0 bridgehead atoms. The van der Waals surface area contributed by atoms with Gasteiger partial charge >= 0.3 is 0 Å². The van der Waals surface area contributed by atoms with E-state index < -0.39 is 6.10 Å². The van der Waals surface area contributed by atoms with Crippen LogP contribution in [0.2, 0.25) is 0 Å². The Morgan fingerprint density at radius 1 is 0.537 bits per heavy atom. The van der Waals surface area contributed by atoms with E-state index in [2.05, 4.69) is 19.9 Å². The van der Waals surface area contributed by atoms with E-state index in [0.29, 0.717) is 28.2 Å². The molecular formula is C42H34N8O2S2. The van der Waals surface area contributed by atoms with Gasteiger partial charge in [0.1, 0.15) is 17.7 Å². The molecule has 0 fully saturated rings. The van der Waals surface area contributed by atoms with Crippen molar-refractivity contribution in [3.8, 4) is 11.1 Å². The van der Waals surface area contributed by atoms with Crippen LogP contribution in [0.5, 0.6) is 0 Å². The third-order valence-electron chi connectivity index (χ3n) is 8.41. The summed E-state index contributed by atoms with van der Waals surface area (Å²) in [5.41, 5.74) is 29.0. The third-order valence-corrected chi connectivity index (χ3v) is 10.5. The Morgan fingerprint density at radius 3 is 1.57 bits per heavy atom. The summed E-state index contributed by atoms with van der Waals surface area (Å²) in [5, 5.41) is 12.4. The molecule has 8 rings (SSSR count). The fourth-order valence-electron chi connectivity index (χ4n) is 5.96. The van der Waals surface area contributed by atoms with Gasteiger partial charge in [-0.2, -0.15) is 9.97 Å². The number of carbonyl (C=O) groups is 1. The topological polar surface area (TPSA) is 193 Å². The number of aromatic nitrogens is 4. The molecular weight excluding hydrogens is 713 g/mol. The summed E-state index contributed by atoms with van der Waals surface area (Å²) < 4.78 is 0. The Hall–Kier alpha value is -6.47. The fraction of sp³-hybridized carbons (Fsp3) is 0.0238. The number of aliphatic hydroxyl groups excluding tert-OH is 1. The number of nitrogen functional groups attached to an aromatic ring is 4. The van der Waals surface area contributed by atoms with Crippen molar-refractivity contribution < 1.29 is 9.90 Å². The molecule has 0 spiro atoms. The highest BCUT2D eigenvalue weighted by Gasteiger charge is 2.18. The second kappa shape index (κ2) is 16.0. The number of carbonyl (C=O) groups excluding carboxylic acids is 1. The van der Waals surface area contributed by atoms with Crippen LogP contribution in [0, 0.1) is 0 Å². The summed E-state index contributed by atoms with van der Waals surface area (Å²) in [5.74, 6) is 0.904. The lowest BCUT2D eigenvalue weighted by Crippen LogP contribution is -2.04. The molecule has 9 N–H and O–H groups in total. The zero-order valence-corrected chi connectivity index (χ0v) is 30.3. The molecule has 8 aromatic rings. The number of aliphatic hydroxyl groups is 1. The zero-order chi connectivity index (χ0) is 37.6. The third kappa shape index (κ3) is 7.96. The molecule has 2 heterocycles. The number of benzene rings is 6. The first-order chi connectivity index (χ1) is 26.3. The van der Waals surface area contributed by atoms with Gasteiger partial charge in [-0.3, -0.25) is 4.79 Å². The monoisotopic (exact) mass is 746 g/mol. The van der Waals surface area contributed by atoms with E-state index in [1.165, 1.54) is 0 Å². The van der Waals surface area contributed by atoms with Crippen molar-refractivity contribution in [1.29, 1.82) is 0 Å². The Morgan fingerprint density at radius 2 is 1.02 bits per heavy atom. The zero-order valence-electron chi connectivity index (χ0n) is 28.7. The SMILES string of the molecule is Nc1nc(N)c2c(Sc3ccccc3)cc(-c3ccccc3C=O)cc2n1.Nc1nc(N)c2c(Sc3ccccc3)cc(C(O)c3ccccc3)cc2n1. The lowest BCUT2D eigenvalue weighted by molar-refractivity contribution is 0.112. The second-order valence-corrected chi connectivity index (χ2v) is 14.3. The van der Waals surface area contributed by atoms with Crippen LogP contribution in [-0.4, -0.2) is 31.3 Å². The first kappa shape index (κ1) is 35.9. The Balaban J connectivity index is 0.000000167. The van der Waals surface area contributed by atoms with Gasteiger partial charge in [0.15, 0.2) is 6.29 Å². The highest BCUT2D eigenvalue weighted by atomic mass is 32.2. The minimum Gasteiger partial charge on any atom is -0.384 e. The predicted octanol–water partition coefficient (Wildman–Crippen LogP) is 8.45. The number of hydrogen-bond donors (Lipinski definition) is 5. The van der Waals surface area contributed by atoms with Crippen molar-refractivity contribution in [2.45, 2.75) is 25.7 Å². The van der Waals surface area contributed by atoms with E-state index in [4.69, 9.17) is 22.9 Å². The number of anilines is 4. The Bertz CT molecular complexity index is 2600. The van der Waals surface area contributed by atoms with E-state index >= 15 is 0 Å². The molecule has 1 unspecified atom stereocenters. The summed E-state index contributed by atoms with van der Waals surface area (Å²) in [4.78, 5) is 32.3. The normalized spacial score (nSPS) is 11.5. The average Bonchev–Trinajstić information content (AvgIpc) is 3.18. The maximum atomic E-state index is 11.5. The molecule has 266 valence electrons. The van der Waals surface area contributed by atoms with E-state index in [-0.39, 0.29) is 11.9 Å². The molecule has 0 aliphatic heterocycles. The first-order valence-corrected chi connectivity index (χ1v) is 18.4. The van der Waals surface area contributed by atoms with Crippen molar-refractivity contribution in [2.75, 3.05) is 22.9 Å². The van der Waals surface area contributed by atoms with Gasteiger partial charge in [0.2, 0.25) is 11.9 Å². The van der Waals surface area contributed by atoms with Crippen molar-refractivity contribution in [3.05, 3.63) is 156 Å². The summed E-state index contributed by atoms with van der Waals surface area (Å²) in [6, 6.07) is 44.5. The van der Waals surface area contributed by atoms with Crippen molar-refractivity contribution in [2.24, 2.45) is 0 Å². The van der Waals surface area contributed by atoms with Crippen LogP contribution in [-0.2, 0) is 0 Å². The number of hydrogen-bond acceptors (Lipinski definition) is 12. The smallest absolute Gasteiger partial charge is 0.222 e. The molecule has 1 atom stereocenters. The van der Waals surface area contributed by atoms with Crippen LogP contribution < -0.4 is 22.9 Å². The molecule has 2 aromatic heterocycles. The minimum atomic E-state index is -0.775. The van der Waals surface area contributed by atoms with E-state index in [1.807, 2.05) is 133 Å². The lowest BCUT2D eigenvalue weighted by Gasteiger charge is -2.16. The summed E-state index contributed by atoms with van der Waals surface area (Å²) in [6.07, 6.45) is 0.0785. The van der Waals surface area contributed by atoms with Crippen LogP contribution in [0.1, 0.15) is 27.6 Å². The summed E-state index contributed by atoms with van der Waals surface area (Å²) in [7, 11) is 0. The van der Waals surface area contributed by atoms with Crippen LogP contribution in [0.4, 0.5) is 23.5 Å². The molecule has 0 saturated heterocycles. The van der Waals surface area contributed by atoms with Crippen LogP contribution >= 0.6 is 23.5 Å². The number of rotatable bonds is 8. The molecule has 0 radical (unpaired) electrons. The molecule has 0 amide bonds. The maximum absolute atomic E-state index is 11.5. The van der Waals surface area contributed by atoms with Gasteiger partial charge in [0.05, 0.1) is 21.8 Å². The van der Waals surface area contributed by atoms with Gasteiger partial charge < -0.3 is 28.0 Å². The molecule has 0 saturated carbocycles. The van der Waals surface area contributed by atoms with Gasteiger partial charge in [0.25, 0.3) is 0 Å². The molecule has 0 aliphatic carbocycles. The van der Waals surface area contributed by atoms with Gasteiger partial charge in [-0.15, -0.1) is 0 Å². The lowest BCUT2D eigenvalue weighted by atomic mass is 9.99.